The van der Waals surface area contributed by atoms with E-state index < -0.39 is 0 Å². The maximum absolute atomic E-state index is 13.4. The Balaban J connectivity index is 0.000000574. The fourth-order valence-electron chi connectivity index (χ4n) is 2.38. The third-order valence-corrected chi connectivity index (χ3v) is 3.08. The lowest BCUT2D eigenvalue weighted by Gasteiger charge is -2.01. The molecule has 0 aliphatic carbocycles. The maximum atomic E-state index is 13.4. The molecule has 96 valence electrons. The Kier molecular flexibility index (Phi) is 3.36. The molecule has 0 atom stereocenters. The van der Waals surface area contributed by atoms with Crippen molar-refractivity contribution in [1.82, 2.24) is 10.3 Å². The van der Waals surface area contributed by atoms with E-state index in [0.717, 1.165) is 23.1 Å². The molecule has 3 nitrogen and oxygen atoms in total. The third-order valence-electron chi connectivity index (χ3n) is 3.08. The van der Waals surface area contributed by atoms with Crippen molar-refractivity contribution in [2.45, 2.75) is 27.2 Å². The molecular formula is C14H17FN2O. The van der Waals surface area contributed by atoms with Crippen molar-refractivity contribution in [3.63, 3.8) is 0 Å². The minimum Gasteiger partial charge on any atom is -0.358 e. The highest BCUT2D eigenvalue weighted by Crippen LogP contribution is 2.28. The van der Waals surface area contributed by atoms with Gasteiger partial charge in [-0.25, -0.2) is 4.39 Å². The Labute approximate surface area is 105 Å². The number of aryl methyl sites for hydroxylation is 1. The summed E-state index contributed by atoms with van der Waals surface area (Å²) in [4.78, 5) is 14.9. The molecule has 0 saturated carbocycles. The van der Waals surface area contributed by atoms with Crippen molar-refractivity contribution in [2.24, 2.45) is 0 Å². The van der Waals surface area contributed by atoms with Crippen LogP contribution >= 0.6 is 0 Å². The molecule has 0 bridgehead atoms. The van der Waals surface area contributed by atoms with Gasteiger partial charge in [0.1, 0.15) is 5.82 Å². The number of H-pyrrole nitrogens is 1. The first-order valence-electron chi connectivity index (χ1n) is 6.25. The van der Waals surface area contributed by atoms with E-state index in [-0.39, 0.29) is 11.7 Å². The minimum atomic E-state index is -0.382. The molecule has 2 N–H and O–H groups in total. The number of amides is 1. The molecule has 0 radical (unpaired) electrons. The van der Waals surface area contributed by atoms with E-state index in [4.69, 9.17) is 0 Å². The monoisotopic (exact) mass is 248 g/mol. The summed E-state index contributed by atoms with van der Waals surface area (Å²) < 4.78 is 13.4. The van der Waals surface area contributed by atoms with Crippen molar-refractivity contribution in [3.8, 4) is 0 Å². The number of aromatic nitrogens is 1. The molecule has 4 heteroatoms. The van der Waals surface area contributed by atoms with Crippen molar-refractivity contribution in [1.29, 1.82) is 0 Å². The zero-order valence-electron chi connectivity index (χ0n) is 10.9. The van der Waals surface area contributed by atoms with Crippen LogP contribution in [0.1, 0.15) is 35.5 Å². The first kappa shape index (κ1) is 12.6. The number of hydrogen-bond donors (Lipinski definition) is 2. The van der Waals surface area contributed by atoms with E-state index in [1.54, 1.807) is 0 Å². The largest absolute Gasteiger partial charge is 0.358 e. The van der Waals surface area contributed by atoms with E-state index in [9.17, 15) is 9.18 Å². The van der Waals surface area contributed by atoms with E-state index in [0.29, 0.717) is 17.6 Å². The SMILES string of the molecule is CC.Cc1[nH]c2cc(F)cc3c2c1CCNC3=O. The number of aromatic amines is 1. The van der Waals surface area contributed by atoms with E-state index >= 15 is 0 Å². The molecule has 0 spiro atoms. The molecule has 0 unspecified atom stereocenters. The Morgan fingerprint density at radius 2 is 2.00 bits per heavy atom. The average Bonchev–Trinajstić information content (AvgIpc) is 2.55. The Morgan fingerprint density at radius 1 is 1.28 bits per heavy atom. The van der Waals surface area contributed by atoms with Crippen LogP contribution < -0.4 is 5.32 Å². The zero-order valence-corrected chi connectivity index (χ0v) is 10.9. The molecule has 1 aromatic carbocycles. The van der Waals surface area contributed by atoms with E-state index in [2.05, 4.69) is 10.3 Å². The molecule has 0 saturated heterocycles. The second kappa shape index (κ2) is 4.80. The topological polar surface area (TPSA) is 44.9 Å². The quantitative estimate of drug-likeness (QED) is 0.739. The Bertz CT molecular complexity index is 601. The number of nitrogens with one attached hydrogen (secondary N) is 2. The minimum absolute atomic E-state index is 0.192. The van der Waals surface area contributed by atoms with Gasteiger partial charge in [-0.15, -0.1) is 0 Å². The van der Waals surface area contributed by atoms with Crippen LogP contribution in [0.5, 0.6) is 0 Å². The van der Waals surface area contributed by atoms with Gasteiger partial charge in [0.2, 0.25) is 0 Å². The molecule has 1 aliphatic rings. The number of halogens is 1. The van der Waals surface area contributed by atoms with Gasteiger partial charge in [-0.3, -0.25) is 4.79 Å². The molecule has 1 aliphatic heterocycles. The number of hydrogen-bond acceptors (Lipinski definition) is 1. The van der Waals surface area contributed by atoms with Gasteiger partial charge in [0.05, 0.1) is 5.56 Å². The summed E-state index contributed by atoms with van der Waals surface area (Å²) in [5.74, 6) is -0.574. The third kappa shape index (κ3) is 1.88. The standard InChI is InChI=1S/C12H11FN2O.C2H6/c1-6-8-2-3-14-12(16)9-4-7(13)5-10(15-6)11(8)9;1-2/h4-5,15H,2-3H2,1H3,(H,14,16);1-2H3. The van der Waals surface area contributed by atoms with Gasteiger partial charge in [0.25, 0.3) is 5.91 Å². The van der Waals surface area contributed by atoms with Gasteiger partial charge in [-0.1, -0.05) is 13.8 Å². The lowest BCUT2D eigenvalue weighted by molar-refractivity contribution is 0.0957. The smallest absolute Gasteiger partial charge is 0.252 e. The molecule has 1 aromatic heterocycles. The number of carbonyl (C=O) groups is 1. The van der Waals surface area contributed by atoms with E-state index in [1.165, 1.54) is 12.1 Å². The van der Waals surface area contributed by atoms with Crippen LogP contribution in [-0.4, -0.2) is 17.4 Å². The van der Waals surface area contributed by atoms with Gasteiger partial charge in [-0.2, -0.15) is 0 Å². The van der Waals surface area contributed by atoms with Crippen molar-refractivity contribution < 1.29 is 9.18 Å². The highest BCUT2D eigenvalue weighted by atomic mass is 19.1. The Morgan fingerprint density at radius 3 is 2.72 bits per heavy atom. The van der Waals surface area contributed by atoms with Gasteiger partial charge in [0.15, 0.2) is 0 Å². The summed E-state index contributed by atoms with van der Waals surface area (Å²) >= 11 is 0. The van der Waals surface area contributed by atoms with Crippen LogP contribution in [0.4, 0.5) is 4.39 Å². The van der Waals surface area contributed by atoms with E-state index in [1.807, 2.05) is 20.8 Å². The van der Waals surface area contributed by atoms with Crippen LogP contribution in [0.15, 0.2) is 12.1 Å². The predicted molar refractivity (Wildman–Crippen MR) is 70.4 cm³/mol. The van der Waals surface area contributed by atoms with Crippen LogP contribution in [0.3, 0.4) is 0 Å². The zero-order chi connectivity index (χ0) is 13.3. The van der Waals surface area contributed by atoms with Crippen LogP contribution in [0, 0.1) is 12.7 Å². The van der Waals surface area contributed by atoms with Crippen LogP contribution in [0.2, 0.25) is 0 Å². The predicted octanol–water partition coefficient (Wildman–Crippen LogP) is 2.93. The summed E-state index contributed by atoms with van der Waals surface area (Å²) in [7, 11) is 0. The summed E-state index contributed by atoms with van der Waals surface area (Å²) in [5.41, 5.74) is 3.27. The molecule has 0 fully saturated rings. The van der Waals surface area contributed by atoms with Gasteiger partial charge in [-0.05, 0) is 31.0 Å². The summed E-state index contributed by atoms with van der Waals surface area (Å²) in [6.45, 7) is 6.55. The Hall–Kier alpha value is -1.84. The highest BCUT2D eigenvalue weighted by Gasteiger charge is 2.21. The fourth-order valence-corrected chi connectivity index (χ4v) is 2.38. The van der Waals surface area contributed by atoms with Gasteiger partial charge < -0.3 is 10.3 Å². The molecular weight excluding hydrogens is 231 g/mol. The number of rotatable bonds is 0. The van der Waals surface area contributed by atoms with Gasteiger partial charge >= 0.3 is 0 Å². The van der Waals surface area contributed by atoms with Crippen LogP contribution in [-0.2, 0) is 6.42 Å². The van der Waals surface area contributed by atoms with Crippen molar-refractivity contribution in [3.05, 3.63) is 34.8 Å². The fraction of sp³-hybridized carbons (Fsp3) is 0.357. The summed E-state index contributed by atoms with van der Waals surface area (Å²) in [6.07, 6.45) is 0.788. The second-order valence-corrected chi connectivity index (χ2v) is 4.11. The summed E-state index contributed by atoms with van der Waals surface area (Å²) in [6, 6.07) is 2.74. The molecule has 2 heterocycles. The second-order valence-electron chi connectivity index (χ2n) is 4.11. The molecule has 18 heavy (non-hydrogen) atoms. The lowest BCUT2D eigenvalue weighted by Crippen LogP contribution is -2.23. The molecule has 1 amide bonds. The maximum Gasteiger partial charge on any atom is 0.252 e. The van der Waals surface area contributed by atoms with Gasteiger partial charge in [0, 0.05) is 23.1 Å². The number of carbonyl (C=O) groups excluding carboxylic acids is 1. The molecule has 3 rings (SSSR count). The number of benzene rings is 1. The first-order chi connectivity index (χ1) is 8.66. The summed E-state index contributed by atoms with van der Waals surface area (Å²) in [5, 5.41) is 3.64. The average molecular weight is 248 g/mol. The van der Waals surface area contributed by atoms with Crippen LogP contribution in [0.25, 0.3) is 10.9 Å². The molecule has 2 aromatic rings. The highest BCUT2D eigenvalue weighted by molar-refractivity contribution is 6.08. The lowest BCUT2D eigenvalue weighted by atomic mass is 10.0. The normalized spacial score (nSPS) is 13.7. The first-order valence-corrected chi connectivity index (χ1v) is 6.25. The van der Waals surface area contributed by atoms with Crippen molar-refractivity contribution >= 4 is 16.8 Å². The van der Waals surface area contributed by atoms with Crippen molar-refractivity contribution in [2.75, 3.05) is 6.54 Å².